The normalized spacial score (nSPS) is 17.6. The maximum atomic E-state index is 8.81. The van der Waals surface area contributed by atoms with Crippen LogP contribution in [0.3, 0.4) is 0 Å². The molecule has 0 spiro atoms. The molecule has 0 bridgehead atoms. The van der Waals surface area contributed by atoms with Crippen molar-refractivity contribution in [3.05, 3.63) is 10.0 Å². The number of nitriles is 1. The molecule has 1 fully saturated rings. The molecule has 1 aromatic heterocycles. The summed E-state index contributed by atoms with van der Waals surface area (Å²) in [6.07, 6.45) is 3.69. The molecule has 0 aromatic carbocycles. The standard InChI is InChI=1S/C11H15ClN4S/c1-16(2)11(4-3-5-11)7-14-10-15-9(12)8(6-13)17-10/h3-5,7H2,1-2H3,(H,14,15). The van der Waals surface area contributed by atoms with Crippen LogP contribution in [0.15, 0.2) is 0 Å². The predicted molar refractivity (Wildman–Crippen MR) is 70.6 cm³/mol. The Morgan fingerprint density at radius 2 is 2.29 bits per heavy atom. The molecule has 1 saturated carbocycles. The lowest BCUT2D eigenvalue weighted by Crippen LogP contribution is -2.54. The van der Waals surface area contributed by atoms with Gasteiger partial charge in [0.15, 0.2) is 10.3 Å². The molecule has 2 rings (SSSR count). The van der Waals surface area contributed by atoms with Crippen LogP contribution < -0.4 is 5.32 Å². The SMILES string of the molecule is CN(C)C1(CNc2nc(Cl)c(C#N)s2)CCC1. The van der Waals surface area contributed by atoms with Gasteiger partial charge in [-0.2, -0.15) is 5.26 Å². The van der Waals surface area contributed by atoms with Crippen molar-refractivity contribution in [2.24, 2.45) is 0 Å². The molecular formula is C11H15ClN4S. The zero-order valence-electron chi connectivity index (χ0n) is 9.96. The number of anilines is 1. The summed E-state index contributed by atoms with van der Waals surface area (Å²) >= 11 is 7.14. The summed E-state index contributed by atoms with van der Waals surface area (Å²) in [5.74, 6) is 0. The van der Waals surface area contributed by atoms with Gasteiger partial charge in [0.1, 0.15) is 10.9 Å². The maximum Gasteiger partial charge on any atom is 0.185 e. The fraction of sp³-hybridized carbons (Fsp3) is 0.636. The Morgan fingerprint density at radius 1 is 1.59 bits per heavy atom. The average molecular weight is 271 g/mol. The van der Waals surface area contributed by atoms with Gasteiger partial charge in [-0.25, -0.2) is 4.98 Å². The minimum Gasteiger partial charge on any atom is -0.360 e. The number of nitrogens with zero attached hydrogens (tertiary/aromatic N) is 3. The number of nitrogens with one attached hydrogen (secondary N) is 1. The lowest BCUT2D eigenvalue weighted by Gasteiger charge is -2.47. The van der Waals surface area contributed by atoms with Gasteiger partial charge >= 0.3 is 0 Å². The summed E-state index contributed by atoms with van der Waals surface area (Å²) in [4.78, 5) is 6.88. The maximum absolute atomic E-state index is 8.81. The molecule has 1 heterocycles. The minimum atomic E-state index is 0.241. The van der Waals surface area contributed by atoms with Crippen molar-refractivity contribution < 1.29 is 0 Å². The summed E-state index contributed by atoms with van der Waals surface area (Å²) < 4.78 is 0. The van der Waals surface area contributed by atoms with Crippen molar-refractivity contribution in [2.45, 2.75) is 24.8 Å². The Kier molecular flexibility index (Phi) is 3.57. The smallest absolute Gasteiger partial charge is 0.185 e. The Hall–Kier alpha value is -0.830. The van der Waals surface area contributed by atoms with Crippen molar-refractivity contribution in [3.8, 4) is 6.07 Å². The first-order valence-corrected chi connectivity index (χ1v) is 6.74. The van der Waals surface area contributed by atoms with Crippen LogP contribution in [0.5, 0.6) is 0 Å². The van der Waals surface area contributed by atoms with E-state index in [-0.39, 0.29) is 5.54 Å². The molecule has 92 valence electrons. The Labute approximate surface area is 110 Å². The zero-order valence-corrected chi connectivity index (χ0v) is 11.5. The van der Waals surface area contributed by atoms with E-state index in [1.54, 1.807) is 0 Å². The van der Waals surface area contributed by atoms with Crippen LogP contribution in [0.4, 0.5) is 5.13 Å². The van der Waals surface area contributed by atoms with E-state index >= 15 is 0 Å². The van der Waals surface area contributed by atoms with Gasteiger partial charge in [0.05, 0.1) is 0 Å². The van der Waals surface area contributed by atoms with Crippen LogP contribution >= 0.6 is 22.9 Å². The molecule has 4 nitrogen and oxygen atoms in total. The number of hydrogen-bond acceptors (Lipinski definition) is 5. The van der Waals surface area contributed by atoms with Crippen LogP contribution in [0.25, 0.3) is 0 Å². The second-order valence-corrected chi connectivity index (χ2v) is 5.93. The third-order valence-corrected chi connectivity index (χ3v) is 4.79. The molecule has 0 amide bonds. The molecule has 1 aliphatic rings. The molecule has 0 aliphatic heterocycles. The topological polar surface area (TPSA) is 52.0 Å². The van der Waals surface area contributed by atoms with Gasteiger partial charge in [0.2, 0.25) is 0 Å². The highest BCUT2D eigenvalue weighted by atomic mass is 35.5. The van der Waals surface area contributed by atoms with Crippen molar-refractivity contribution in [2.75, 3.05) is 26.0 Å². The second kappa shape index (κ2) is 4.81. The van der Waals surface area contributed by atoms with E-state index in [0.717, 1.165) is 11.7 Å². The summed E-state index contributed by atoms with van der Waals surface area (Å²) in [5.41, 5.74) is 0.241. The predicted octanol–water partition coefficient (Wildman–Crippen LogP) is 2.56. The molecule has 6 heteroatoms. The van der Waals surface area contributed by atoms with E-state index in [4.69, 9.17) is 16.9 Å². The van der Waals surface area contributed by atoms with Crippen LogP contribution in [-0.4, -0.2) is 36.1 Å². The average Bonchev–Trinajstić information content (AvgIpc) is 2.57. The Balaban J connectivity index is 2.00. The van der Waals surface area contributed by atoms with Gasteiger partial charge in [-0.05, 0) is 33.4 Å². The number of aromatic nitrogens is 1. The quantitative estimate of drug-likeness (QED) is 0.914. The highest BCUT2D eigenvalue weighted by Gasteiger charge is 2.38. The van der Waals surface area contributed by atoms with Crippen LogP contribution in [0.2, 0.25) is 5.15 Å². The molecule has 1 N–H and O–H groups in total. The van der Waals surface area contributed by atoms with Gasteiger partial charge in [0, 0.05) is 12.1 Å². The minimum absolute atomic E-state index is 0.241. The van der Waals surface area contributed by atoms with Crippen molar-refractivity contribution in [3.63, 3.8) is 0 Å². The molecule has 17 heavy (non-hydrogen) atoms. The first-order chi connectivity index (χ1) is 8.07. The van der Waals surface area contributed by atoms with Crippen LogP contribution in [0, 0.1) is 11.3 Å². The first kappa shape index (κ1) is 12.6. The summed E-state index contributed by atoms with van der Waals surface area (Å²) in [6, 6.07) is 2.04. The van der Waals surface area contributed by atoms with Crippen molar-refractivity contribution in [1.29, 1.82) is 5.26 Å². The first-order valence-electron chi connectivity index (χ1n) is 5.55. The monoisotopic (exact) mass is 270 g/mol. The van der Waals surface area contributed by atoms with Gasteiger partial charge in [-0.15, -0.1) is 0 Å². The summed E-state index contributed by atoms with van der Waals surface area (Å²) in [5, 5.41) is 13.1. The van der Waals surface area contributed by atoms with E-state index < -0.39 is 0 Å². The van der Waals surface area contributed by atoms with Gasteiger partial charge in [-0.3, -0.25) is 0 Å². The molecule has 0 unspecified atom stereocenters. The molecule has 1 aliphatic carbocycles. The van der Waals surface area contributed by atoms with Crippen LogP contribution in [-0.2, 0) is 0 Å². The van der Waals surface area contributed by atoms with E-state index in [2.05, 4.69) is 29.3 Å². The number of rotatable bonds is 4. The highest BCUT2D eigenvalue weighted by Crippen LogP contribution is 2.36. The third kappa shape index (κ3) is 2.39. The van der Waals surface area contributed by atoms with Crippen molar-refractivity contribution in [1.82, 2.24) is 9.88 Å². The van der Waals surface area contributed by atoms with Gasteiger partial charge in [-0.1, -0.05) is 22.9 Å². The number of halogens is 1. The molecule has 1 aromatic rings. The molecule has 0 radical (unpaired) electrons. The van der Waals surface area contributed by atoms with Gasteiger partial charge in [0.25, 0.3) is 0 Å². The van der Waals surface area contributed by atoms with Crippen molar-refractivity contribution >= 4 is 28.1 Å². The molecular weight excluding hydrogens is 256 g/mol. The molecule has 0 atom stereocenters. The number of hydrogen-bond donors (Lipinski definition) is 1. The largest absolute Gasteiger partial charge is 0.360 e. The summed E-state index contributed by atoms with van der Waals surface area (Å²) in [7, 11) is 4.22. The zero-order chi connectivity index (χ0) is 12.5. The van der Waals surface area contributed by atoms with E-state index in [1.807, 2.05) is 6.07 Å². The number of likely N-dealkylation sites (N-methyl/N-ethyl adjacent to an activating group) is 1. The summed E-state index contributed by atoms with van der Waals surface area (Å²) in [6.45, 7) is 0.856. The third-order valence-electron chi connectivity index (χ3n) is 3.49. The van der Waals surface area contributed by atoms with Gasteiger partial charge < -0.3 is 10.2 Å². The van der Waals surface area contributed by atoms with E-state index in [0.29, 0.717) is 10.0 Å². The van der Waals surface area contributed by atoms with Crippen LogP contribution in [0.1, 0.15) is 24.1 Å². The Bertz CT molecular complexity index is 445. The fourth-order valence-corrected chi connectivity index (χ4v) is 3.00. The fourth-order valence-electron chi connectivity index (χ4n) is 2.05. The van der Waals surface area contributed by atoms with E-state index in [1.165, 1.54) is 30.6 Å². The Morgan fingerprint density at radius 3 is 2.71 bits per heavy atom. The highest BCUT2D eigenvalue weighted by molar-refractivity contribution is 7.16. The van der Waals surface area contributed by atoms with E-state index in [9.17, 15) is 0 Å². The number of thiazole rings is 1. The molecule has 0 saturated heterocycles. The second-order valence-electron chi connectivity index (χ2n) is 4.58. The lowest BCUT2D eigenvalue weighted by molar-refractivity contribution is 0.0739. The lowest BCUT2D eigenvalue weighted by atomic mass is 9.75.